The van der Waals surface area contributed by atoms with Crippen molar-refractivity contribution in [3.63, 3.8) is 0 Å². The third-order valence-electron chi connectivity index (χ3n) is 4.40. The summed E-state index contributed by atoms with van der Waals surface area (Å²) in [5.41, 5.74) is 2.63. The van der Waals surface area contributed by atoms with Gasteiger partial charge in [-0.25, -0.2) is 4.79 Å². The van der Waals surface area contributed by atoms with E-state index in [1.165, 1.54) is 0 Å². The Hall–Kier alpha value is -3.67. The van der Waals surface area contributed by atoms with Crippen molar-refractivity contribution in [1.82, 2.24) is 9.78 Å². The number of benzene rings is 2. The highest BCUT2D eigenvalue weighted by Crippen LogP contribution is 2.23. The lowest BCUT2D eigenvalue weighted by atomic mass is 10.1. The number of rotatable bonds is 3. The van der Waals surface area contributed by atoms with Crippen molar-refractivity contribution in [2.45, 2.75) is 13.8 Å². The lowest BCUT2D eigenvalue weighted by Gasteiger charge is -2.07. The molecule has 0 saturated heterocycles. The van der Waals surface area contributed by atoms with E-state index < -0.39 is 5.63 Å². The number of amides is 1. The summed E-state index contributed by atoms with van der Waals surface area (Å²) in [6.45, 7) is 3.67. The third kappa shape index (κ3) is 3.01. The fraction of sp³-hybridized carbons (Fsp3) is 0.0952. The molecule has 27 heavy (non-hydrogen) atoms. The van der Waals surface area contributed by atoms with Gasteiger partial charge in [-0.2, -0.15) is 9.78 Å². The van der Waals surface area contributed by atoms with Crippen LogP contribution in [0.15, 0.2) is 69.9 Å². The maximum atomic E-state index is 12.5. The molecule has 6 nitrogen and oxygen atoms in total. The highest BCUT2D eigenvalue weighted by Gasteiger charge is 2.17. The van der Waals surface area contributed by atoms with Crippen molar-refractivity contribution in [2.75, 3.05) is 5.32 Å². The molecule has 0 bridgehead atoms. The number of aryl methyl sites for hydroxylation is 2. The number of para-hydroxylation sites is 1. The zero-order valence-electron chi connectivity index (χ0n) is 14.9. The Morgan fingerprint density at radius 2 is 1.74 bits per heavy atom. The molecule has 6 heteroatoms. The van der Waals surface area contributed by atoms with E-state index in [9.17, 15) is 9.59 Å². The summed E-state index contributed by atoms with van der Waals surface area (Å²) >= 11 is 0. The number of aromatic nitrogens is 2. The van der Waals surface area contributed by atoms with Gasteiger partial charge in [0, 0.05) is 5.56 Å². The highest BCUT2D eigenvalue weighted by atomic mass is 16.4. The maximum Gasteiger partial charge on any atom is 0.361 e. The molecule has 4 rings (SSSR count). The second-order valence-electron chi connectivity index (χ2n) is 6.27. The van der Waals surface area contributed by atoms with Crippen LogP contribution in [-0.4, -0.2) is 15.7 Å². The minimum Gasteiger partial charge on any atom is -0.402 e. The predicted molar refractivity (Wildman–Crippen MR) is 103 cm³/mol. The summed E-state index contributed by atoms with van der Waals surface area (Å²) in [5.74, 6) is -0.354. The third-order valence-corrected chi connectivity index (χ3v) is 4.40. The predicted octanol–water partition coefficient (Wildman–Crippen LogP) is 3.85. The van der Waals surface area contributed by atoms with E-state index in [4.69, 9.17) is 4.42 Å². The summed E-state index contributed by atoms with van der Waals surface area (Å²) in [4.78, 5) is 25.0. The van der Waals surface area contributed by atoms with Crippen LogP contribution in [0.5, 0.6) is 0 Å². The fourth-order valence-electron chi connectivity index (χ4n) is 2.98. The number of fused-ring (bicyclic) bond motifs is 1. The lowest BCUT2D eigenvalue weighted by Crippen LogP contribution is -2.18. The second kappa shape index (κ2) is 6.57. The van der Waals surface area contributed by atoms with Crippen molar-refractivity contribution in [2.24, 2.45) is 0 Å². The monoisotopic (exact) mass is 359 g/mol. The fourth-order valence-corrected chi connectivity index (χ4v) is 2.98. The normalized spacial score (nSPS) is 10.9. The highest BCUT2D eigenvalue weighted by molar-refractivity contribution is 6.05. The number of hydrogen-bond donors (Lipinski definition) is 1. The van der Waals surface area contributed by atoms with Crippen LogP contribution >= 0.6 is 0 Å². The largest absolute Gasteiger partial charge is 0.402 e. The molecule has 0 spiro atoms. The Labute approximate surface area is 155 Å². The summed E-state index contributed by atoms with van der Waals surface area (Å²) < 4.78 is 7.08. The number of anilines is 1. The van der Waals surface area contributed by atoms with Crippen LogP contribution in [0.2, 0.25) is 0 Å². The van der Waals surface area contributed by atoms with E-state index in [2.05, 4.69) is 10.4 Å². The van der Waals surface area contributed by atoms with Gasteiger partial charge in [0.15, 0.2) is 0 Å². The molecule has 2 aromatic carbocycles. The zero-order chi connectivity index (χ0) is 19.0. The molecule has 0 aliphatic rings. The van der Waals surface area contributed by atoms with Crippen molar-refractivity contribution in [3.8, 4) is 5.69 Å². The number of hydrogen-bond acceptors (Lipinski definition) is 4. The quantitative estimate of drug-likeness (QED) is 0.603. The van der Waals surface area contributed by atoms with E-state index in [1.54, 1.807) is 22.9 Å². The van der Waals surface area contributed by atoms with Crippen LogP contribution in [0.25, 0.3) is 16.8 Å². The Bertz CT molecular complexity index is 1210. The van der Waals surface area contributed by atoms with Gasteiger partial charge in [0.05, 0.1) is 16.8 Å². The average molecular weight is 359 g/mol. The molecule has 134 valence electrons. The van der Waals surface area contributed by atoms with Gasteiger partial charge in [-0.1, -0.05) is 36.4 Å². The zero-order valence-corrected chi connectivity index (χ0v) is 14.9. The minimum absolute atomic E-state index is 0.0893. The van der Waals surface area contributed by atoms with Crippen molar-refractivity contribution in [3.05, 3.63) is 87.9 Å². The van der Waals surface area contributed by atoms with Crippen LogP contribution in [0.1, 0.15) is 21.6 Å². The van der Waals surface area contributed by atoms with Crippen LogP contribution in [0, 0.1) is 13.8 Å². The van der Waals surface area contributed by atoms with Gasteiger partial charge in [0.2, 0.25) is 5.71 Å². The van der Waals surface area contributed by atoms with Crippen LogP contribution in [0.3, 0.4) is 0 Å². The van der Waals surface area contributed by atoms with Crippen molar-refractivity contribution < 1.29 is 9.21 Å². The van der Waals surface area contributed by atoms with Gasteiger partial charge in [-0.3, -0.25) is 4.79 Å². The topological polar surface area (TPSA) is 77.1 Å². The standard InChI is InChI=1S/C21H17N3O3/c1-13-8-6-7-11-16(13)19(25)22-18-12-17-14(2)23-24(20(17)27-21(18)26)15-9-4-3-5-10-15/h3-12H,1-2H3,(H,22,25). The molecule has 1 amide bonds. The molecular weight excluding hydrogens is 342 g/mol. The van der Waals surface area contributed by atoms with Gasteiger partial charge < -0.3 is 9.73 Å². The molecule has 1 N–H and O–H groups in total. The van der Waals surface area contributed by atoms with Crippen LogP contribution < -0.4 is 10.9 Å². The first-order valence-electron chi connectivity index (χ1n) is 8.50. The average Bonchev–Trinajstić information content (AvgIpc) is 2.99. The van der Waals surface area contributed by atoms with Gasteiger partial charge in [0.1, 0.15) is 5.69 Å². The van der Waals surface area contributed by atoms with E-state index >= 15 is 0 Å². The number of carbonyl (C=O) groups is 1. The SMILES string of the molecule is Cc1ccccc1C(=O)Nc1cc2c(C)nn(-c3ccccc3)c2oc1=O. The summed E-state index contributed by atoms with van der Waals surface area (Å²) in [6, 6.07) is 18.2. The summed E-state index contributed by atoms with van der Waals surface area (Å²) in [7, 11) is 0. The lowest BCUT2D eigenvalue weighted by molar-refractivity contribution is 0.102. The van der Waals surface area contributed by atoms with Crippen LogP contribution in [-0.2, 0) is 0 Å². The molecule has 0 aliphatic heterocycles. The Balaban J connectivity index is 1.77. The Morgan fingerprint density at radius 1 is 1.04 bits per heavy atom. The molecule has 0 fully saturated rings. The Morgan fingerprint density at radius 3 is 2.48 bits per heavy atom. The molecule has 2 heterocycles. The van der Waals surface area contributed by atoms with Gasteiger partial charge in [0.25, 0.3) is 5.91 Å². The van der Waals surface area contributed by atoms with Gasteiger partial charge in [-0.05, 0) is 43.7 Å². The van der Waals surface area contributed by atoms with Crippen molar-refractivity contribution >= 4 is 22.7 Å². The first kappa shape index (κ1) is 16.8. The molecule has 0 aliphatic carbocycles. The molecule has 0 atom stereocenters. The van der Waals surface area contributed by atoms with E-state index in [1.807, 2.05) is 56.3 Å². The van der Waals surface area contributed by atoms with Gasteiger partial charge in [-0.15, -0.1) is 0 Å². The smallest absolute Gasteiger partial charge is 0.361 e. The number of nitrogens with zero attached hydrogens (tertiary/aromatic N) is 2. The van der Waals surface area contributed by atoms with E-state index in [-0.39, 0.29) is 11.6 Å². The molecule has 4 aromatic rings. The van der Waals surface area contributed by atoms with E-state index in [0.717, 1.165) is 11.3 Å². The van der Waals surface area contributed by atoms with Crippen LogP contribution in [0.4, 0.5) is 5.69 Å². The van der Waals surface area contributed by atoms with Crippen molar-refractivity contribution in [1.29, 1.82) is 0 Å². The summed E-state index contributed by atoms with van der Waals surface area (Å²) in [5, 5.41) is 7.78. The number of carbonyl (C=O) groups excluding carboxylic acids is 1. The Kier molecular flexibility index (Phi) is 4.08. The summed E-state index contributed by atoms with van der Waals surface area (Å²) in [6.07, 6.45) is 0. The number of nitrogens with one attached hydrogen (secondary N) is 1. The molecule has 0 unspecified atom stereocenters. The minimum atomic E-state index is -0.624. The first-order valence-corrected chi connectivity index (χ1v) is 8.50. The van der Waals surface area contributed by atoms with Gasteiger partial charge >= 0.3 is 5.63 Å². The second-order valence-corrected chi connectivity index (χ2v) is 6.27. The molecule has 0 radical (unpaired) electrons. The maximum absolute atomic E-state index is 12.5. The first-order chi connectivity index (χ1) is 13.0. The van der Waals surface area contributed by atoms with E-state index in [0.29, 0.717) is 22.4 Å². The molecule has 0 saturated carbocycles. The molecule has 2 aromatic heterocycles. The molecular formula is C21H17N3O3.